The summed E-state index contributed by atoms with van der Waals surface area (Å²) in [5.74, 6) is -1.31. The van der Waals surface area contributed by atoms with Gasteiger partial charge in [0.1, 0.15) is 17.2 Å². The van der Waals surface area contributed by atoms with Gasteiger partial charge < -0.3 is 10.4 Å². The number of carboxylic acid groups (broad SMARTS) is 1. The number of hydrogen-bond acceptors (Lipinski definition) is 3. The molecule has 0 aliphatic rings. The molecular weight excluding hydrogens is 211 g/mol. The van der Waals surface area contributed by atoms with Gasteiger partial charge in [-0.1, -0.05) is 13.8 Å². The molecule has 1 heterocycles. The summed E-state index contributed by atoms with van der Waals surface area (Å²) in [5, 5.41) is 11.9. The van der Waals surface area contributed by atoms with Crippen LogP contribution in [0.25, 0.3) is 0 Å². The summed E-state index contributed by atoms with van der Waals surface area (Å²) in [6.07, 6.45) is 1.00. The van der Waals surface area contributed by atoms with Gasteiger partial charge in [-0.15, -0.1) is 0 Å². The second kappa shape index (κ2) is 4.92. The third-order valence-electron chi connectivity index (χ3n) is 2.45. The molecule has 0 amide bonds. The molecular formula is C11H15FN2O2. The second-order valence-corrected chi connectivity index (χ2v) is 4.03. The molecule has 0 radical (unpaired) electrons. The van der Waals surface area contributed by atoms with Crippen molar-refractivity contribution in [1.82, 2.24) is 4.98 Å². The topological polar surface area (TPSA) is 62.2 Å². The van der Waals surface area contributed by atoms with E-state index in [0.29, 0.717) is 5.92 Å². The summed E-state index contributed by atoms with van der Waals surface area (Å²) in [5.41, 5.74) is -0.146. The Hall–Kier alpha value is -1.65. The van der Waals surface area contributed by atoms with E-state index in [4.69, 9.17) is 5.11 Å². The minimum absolute atomic E-state index is 0.0658. The molecule has 0 aliphatic carbocycles. The number of aromatic carboxylic acids is 1. The van der Waals surface area contributed by atoms with E-state index < -0.39 is 11.8 Å². The number of halogens is 1. The van der Waals surface area contributed by atoms with Crippen LogP contribution in [0.15, 0.2) is 12.3 Å². The molecule has 0 saturated carbocycles. The lowest BCUT2D eigenvalue weighted by Crippen LogP contribution is -2.23. The quantitative estimate of drug-likeness (QED) is 0.827. The molecule has 1 rings (SSSR count). The van der Waals surface area contributed by atoms with Crippen LogP contribution in [0.5, 0.6) is 0 Å². The summed E-state index contributed by atoms with van der Waals surface area (Å²) in [6.45, 7) is 5.92. The molecule has 0 bridgehead atoms. The minimum atomic E-state index is -1.19. The van der Waals surface area contributed by atoms with Crippen LogP contribution < -0.4 is 5.32 Å². The summed E-state index contributed by atoms with van der Waals surface area (Å²) in [7, 11) is 0. The van der Waals surface area contributed by atoms with Crippen LogP contribution in [0.3, 0.4) is 0 Å². The van der Waals surface area contributed by atoms with Crippen LogP contribution >= 0.6 is 0 Å². The number of anilines is 1. The number of aromatic nitrogens is 1. The normalized spacial score (nSPS) is 12.6. The monoisotopic (exact) mass is 226 g/mol. The van der Waals surface area contributed by atoms with E-state index in [1.165, 1.54) is 0 Å². The average Bonchev–Trinajstić information content (AvgIpc) is 2.20. The molecule has 16 heavy (non-hydrogen) atoms. The first-order chi connectivity index (χ1) is 7.41. The van der Waals surface area contributed by atoms with Crippen LogP contribution in [0.4, 0.5) is 10.2 Å². The lowest BCUT2D eigenvalue weighted by molar-refractivity contribution is 0.0697. The molecule has 0 fully saturated rings. The maximum atomic E-state index is 12.8. The van der Waals surface area contributed by atoms with Gasteiger partial charge in [-0.2, -0.15) is 0 Å². The van der Waals surface area contributed by atoms with Gasteiger partial charge in [0.2, 0.25) is 0 Å². The summed E-state index contributed by atoms with van der Waals surface area (Å²) >= 11 is 0. The lowest BCUT2D eigenvalue weighted by Gasteiger charge is -2.19. The van der Waals surface area contributed by atoms with E-state index >= 15 is 0 Å². The molecule has 0 saturated heterocycles. The van der Waals surface area contributed by atoms with Crippen molar-refractivity contribution in [2.24, 2.45) is 5.92 Å². The van der Waals surface area contributed by atoms with Crippen LogP contribution in [-0.4, -0.2) is 22.1 Å². The van der Waals surface area contributed by atoms with E-state index in [9.17, 15) is 9.18 Å². The van der Waals surface area contributed by atoms with E-state index in [2.05, 4.69) is 10.3 Å². The molecule has 2 N–H and O–H groups in total. The van der Waals surface area contributed by atoms with Crippen molar-refractivity contribution in [3.8, 4) is 0 Å². The first kappa shape index (κ1) is 12.4. The van der Waals surface area contributed by atoms with Crippen molar-refractivity contribution in [2.75, 3.05) is 5.32 Å². The molecule has 4 nitrogen and oxygen atoms in total. The number of nitrogens with one attached hydrogen (secondary N) is 1. The molecule has 1 atom stereocenters. The zero-order chi connectivity index (χ0) is 12.3. The fourth-order valence-electron chi connectivity index (χ4n) is 1.10. The number of hydrogen-bond donors (Lipinski definition) is 2. The number of carboxylic acids is 1. The zero-order valence-corrected chi connectivity index (χ0v) is 9.49. The minimum Gasteiger partial charge on any atom is -0.478 e. The Morgan fingerprint density at radius 3 is 2.62 bits per heavy atom. The first-order valence-corrected chi connectivity index (χ1v) is 5.07. The Morgan fingerprint density at radius 1 is 1.50 bits per heavy atom. The summed E-state index contributed by atoms with van der Waals surface area (Å²) in [6, 6.07) is 1.03. The van der Waals surface area contributed by atoms with Crippen molar-refractivity contribution < 1.29 is 14.3 Å². The van der Waals surface area contributed by atoms with E-state index in [1.54, 1.807) is 0 Å². The van der Waals surface area contributed by atoms with Gasteiger partial charge in [-0.3, -0.25) is 0 Å². The molecule has 88 valence electrons. The predicted molar refractivity (Wildman–Crippen MR) is 59.1 cm³/mol. The van der Waals surface area contributed by atoms with Gasteiger partial charge >= 0.3 is 5.97 Å². The maximum Gasteiger partial charge on any atom is 0.339 e. The summed E-state index contributed by atoms with van der Waals surface area (Å²) in [4.78, 5) is 14.6. The highest BCUT2D eigenvalue weighted by molar-refractivity contribution is 5.93. The van der Waals surface area contributed by atoms with Crippen molar-refractivity contribution in [3.05, 3.63) is 23.6 Å². The van der Waals surface area contributed by atoms with Gasteiger partial charge in [0, 0.05) is 6.04 Å². The zero-order valence-electron chi connectivity index (χ0n) is 9.49. The summed E-state index contributed by atoms with van der Waals surface area (Å²) < 4.78 is 12.8. The number of pyridine rings is 1. The maximum absolute atomic E-state index is 12.8. The third kappa shape index (κ3) is 2.92. The SMILES string of the molecule is CC(C)C(C)Nc1ncc(F)cc1C(=O)O. The van der Waals surface area contributed by atoms with Crippen LogP contribution in [-0.2, 0) is 0 Å². The molecule has 0 aromatic carbocycles. The Morgan fingerprint density at radius 2 is 2.12 bits per heavy atom. The Balaban J connectivity index is 2.99. The smallest absolute Gasteiger partial charge is 0.339 e. The number of nitrogens with zero attached hydrogens (tertiary/aromatic N) is 1. The van der Waals surface area contributed by atoms with E-state index in [0.717, 1.165) is 12.3 Å². The average molecular weight is 226 g/mol. The largest absolute Gasteiger partial charge is 0.478 e. The molecule has 0 spiro atoms. The van der Waals surface area contributed by atoms with Gasteiger partial charge in [0.25, 0.3) is 0 Å². The van der Waals surface area contributed by atoms with Crippen molar-refractivity contribution in [2.45, 2.75) is 26.8 Å². The Bertz CT molecular complexity index is 394. The van der Waals surface area contributed by atoms with Crippen LogP contribution in [0.2, 0.25) is 0 Å². The van der Waals surface area contributed by atoms with Gasteiger partial charge in [-0.05, 0) is 18.9 Å². The van der Waals surface area contributed by atoms with Gasteiger partial charge in [0.15, 0.2) is 0 Å². The van der Waals surface area contributed by atoms with Crippen LogP contribution in [0, 0.1) is 11.7 Å². The van der Waals surface area contributed by atoms with Crippen molar-refractivity contribution in [3.63, 3.8) is 0 Å². The number of rotatable bonds is 4. The van der Waals surface area contributed by atoms with Gasteiger partial charge in [0.05, 0.1) is 6.20 Å². The Labute approximate surface area is 93.5 Å². The molecule has 1 aromatic heterocycles. The van der Waals surface area contributed by atoms with Crippen molar-refractivity contribution >= 4 is 11.8 Å². The van der Waals surface area contributed by atoms with Gasteiger partial charge in [-0.25, -0.2) is 14.2 Å². The third-order valence-corrected chi connectivity index (χ3v) is 2.45. The Kier molecular flexibility index (Phi) is 3.82. The lowest BCUT2D eigenvalue weighted by atomic mass is 10.1. The van der Waals surface area contributed by atoms with E-state index in [-0.39, 0.29) is 17.4 Å². The van der Waals surface area contributed by atoms with Crippen molar-refractivity contribution in [1.29, 1.82) is 0 Å². The fourth-order valence-corrected chi connectivity index (χ4v) is 1.10. The number of carbonyl (C=O) groups is 1. The van der Waals surface area contributed by atoms with E-state index in [1.807, 2.05) is 20.8 Å². The molecule has 5 heteroatoms. The highest BCUT2D eigenvalue weighted by Gasteiger charge is 2.15. The highest BCUT2D eigenvalue weighted by Crippen LogP contribution is 2.16. The predicted octanol–water partition coefficient (Wildman–Crippen LogP) is 2.38. The fraction of sp³-hybridized carbons (Fsp3) is 0.455. The second-order valence-electron chi connectivity index (χ2n) is 4.03. The standard InChI is InChI=1S/C11H15FN2O2/c1-6(2)7(3)14-10-9(11(15)16)4-8(12)5-13-10/h4-7H,1-3H3,(H,13,14)(H,15,16). The molecule has 0 aliphatic heterocycles. The van der Waals surface area contributed by atoms with Crippen LogP contribution in [0.1, 0.15) is 31.1 Å². The first-order valence-electron chi connectivity index (χ1n) is 5.07. The molecule has 1 unspecified atom stereocenters. The highest BCUT2D eigenvalue weighted by atomic mass is 19.1. The molecule has 1 aromatic rings.